The van der Waals surface area contributed by atoms with Crippen LogP contribution >= 0.6 is 0 Å². The third kappa shape index (κ3) is 9.27. The zero-order valence-electron chi connectivity index (χ0n) is 36.1. The molecule has 2 aromatic rings. The summed E-state index contributed by atoms with van der Waals surface area (Å²) in [6.45, 7) is 15.4. The summed E-state index contributed by atoms with van der Waals surface area (Å²) in [5.74, 6) is -7.39. The zero-order valence-corrected chi connectivity index (χ0v) is 36.1. The monoisotopic (exact) mass is 836 g/mol. The van der Waals surface area contributed by atoms with Crippen molar-refractivity contribution in [3.05, 3.63) is 53.3 Å². The van der Waals surface area contributed by atoms with Crippen molar-refractivity contribution in [3.8, 4) is 23.0 Å². The van der Waals surface area contributed by atoms with Crippen molar-refractivity contribution < 1.29 is 63.3 Å². The molecule has 6 rings (SSSR count). The van der Waals surface area contributed by atoms with Crippen LogP contribution in [0.4, 0.5) is 5.69 Å². The summed E-state index contributed by atoms with van der Waals surface area (Å²) < 4.78 is 29.9. The van der Waals surface area contributed by atoms with Crippen molar-refractivity contribution >= 4 is 40.0 Å². The fourth-order valence-corrected chi connectivity index (χ4v) is 8.24. The molecule has 1 saturated heterocycles. The number of aliphatic hydroxyl groups is 2. The molecule has 0 spiro atoms. The summed E-state index contributed by atoms with van der Waals surface area (Å²) >= 11 is 0. The first kappa shape index (κ1) is 46.0. The highest BCUT2D eigenvalue weighted by atomic mass is 16.7. The number of ketones is 1. The molecule has 15 heteroatoms. The van der Waals surface area contributed by atoms with Crippen molar-refractivity contribution in [2.75, 3.05) is 32.1 Å². The van der Waals surface area contributed by atoms with Crippen LogP contribution in [-0.4, -0.2) is 106 Å². The van der Waals surface area contributed by atoms with E-state index in [-0.39, 0.29) is 50.6 Å². The van der Waals surface area contributed by atoms with Crippen LogP contribution in [0.5, 0.6) is 23.0 Å². The highest BCUT2D eigenvalue weighted by molar-refractivity contribution is 6.21. The number of benzene rings is 2. The topological polar surface area (TPSA) is 211 Å². The molecule has 1 fully saturated rings. The Balaban J connectivity index is 1.65. The number of nitrogens with one attached hydrogen (secondary N) is 1. The number of carbonyl (C=O) groups is 4. The first-order valence-electron chi connectivity index (χ1n) is 20.5. The summed E-state index contributed by atoms with van der Waals surface area (Å²) in [5.41, 5.74) is 0.0331. The normalized spacial score (nSPS) is 31.5. The molecule has 60 heavy (non-hydrogen) atoms. The summed E-state index contributed by atoms with van der Waals surface area (Å²) in [7, 11) is 1.44. The predicted molar refractivity (Wildman–Crippen MR) is 223 cm³/mol. The van der Waals surface area contributed by atoms with Crippen molar-refractivity contribution in [1.82, 2.24) is 4.90 Å². The molecule has 0 unspecified atom stereocenters. The van der Waals surface area contributed by atoms with Gasteiger partial charge in [0.15, 0.2) is 12.4 Å². The summed E-state index contributed by atoms with van der Waals surface area (Å²) in [5, 5.41) is 48.6. The first-order chi connectivity index (χ1) is 28.2. The quantitative estimate of drug-likeness (QED) is 0.181. The number of methoxy groups -OCH3 is 1. The van der Waals surface area contributed by atoms with Gasteiger partial charge in [0.25, 0.3) is 17.6 Å². The van der Waals surface area contributed by atoms with Crippen LogP contribution in [0.25, 0.3) is 10.8 Å². The van der Waals surface area contributed by atoms with Crippen LogP contribution in [0, 0.1) is 36.5 Å². The van der Waals surface area contributed by atoms with E-state index in [1.54, 1.807) is 44.7 Å². The van der Waals surface area contributed by atoms with Crippen molar-refractivity contribution in [2.45, 2.75) is 105 Å². The van der Waals surface area contributed by atoms with E-state index >= 15 is 0 Å². The van der Waals surface area contributed by atoms with Gasteiger partial charge in [-0.2, -0.15) is 0 Å². The lowest BCUT2D eigenvalue weighted by atomic mass is 9.78. The van der Waals surface area contributed by atoms with Gasteiger partial charge in [0, 0.05) is 80.3 Å². The van der Waals surface area contributed by atoms with Crippen molar-refractivity contribution in [3.63, 3.8) is 0 Å². The van der Waals surface area contributed by atoms with Gasteiger partial charge in [-0.3, -0.25) is 19.2 Å². The van der Waals surface area contributed by atoms with Gasteiger partial charge in [-0.15, -0.1) is 0 Å². The number of anilines is 1. The van der Waals surface area contributed by atoms with Gasteiger partial charge < -0.3 is 54.3 Å². The maximum Gasteiger partial charge on any atom is 0.312 e. The van der Waals surface area contributed by atoms with E-state index in [1.165, 1.54) is 59.3 Å². The Morgan fingerprint density at radius 3 is 2.25 bits per heavy atom. The number of allylic oxidation sites excluding steroid dienone is 2. The number of ether oxygens (including phenoxy) is 5. The Morgan fingerprint density at radius 1 is 0.950 bits per heavy atom. The van der Waals surface area contributed by atoms with Crippen LogP contribution in [0.2, 0.25) is 0 Å². The fourth-order valence-electron chi connectivity index (χ4n) is 8.24. The maximum absolute atomic E-state index is 14.5. The Bertz CT molecular complexity index is 2070. The van der Waals surface area contributed by atoms with E-state index in [4.69, 9.17) is 23.7 Å². The van der Waals surface area contributed by atoms with Crippen LogP contribution in [0.15, 0.2) is 42.2 Å². The number of nitrogens with zero attached hydrogens (tertiary/aromatic N) is 1. The number of esters is 1. The lowest BCUT2D eigenvalue weighted by Crippen LogP contribution is -2.46. The van der Waals surface area contributed by atoms with Crippen LogP contribution < -0.4 is 14.8 Å². The molecule has 9 atom stereocenters. The number of piperidine rings is 1. The molecule has 4 aliphatic heterocycles. The molecule has 4 heterocycles. The minimum absolute atomic E-state index is 0.0469. The number of carbonyl (C=O) groups excluding carboxylic acids is 4. The number of amides is 2. The van der Waals surface area contributed by atoms with Gasteiger partial charge in [0.1, 0.15) is 23.4 Å². The number of aromatic hydroxyl groups is 2. The molecule has 5 N–H and O–H groups in total. The molecule has 2 amide bonds. The Labute approximate surface area is 351 Å². The molecule has 328 valence electrons. The molecule has 0 aliphatic carbocycles. The average molecular weight is 837 g/mol. The number of hydrogen-bond donors (Lipinski definition) is 5. The van der Waals surface area contributed by atoms with Crippen LogP contribution in [0.1, 0.15) is 84.2 Å². The van der Waals surface area contributed by atoms with Gasteiger partial charge >= 0.3 is 11.8 Å². The van der Waals surface area contributed by atoms with E-state index in [1.807, 2.05) is 0 Å². The third-order valence-electron chi connectivity index (χ3n) is 12.3. The largest absolute Gasteiger partial charge is 0.507 e. The van der Waals surface area contributed by atoms with E-state index < -0.39 is 89.6 Å². The van der Waals surface area contributed by atoms with E-state index in [2.05, 4.69) is 12.2 Å². The molecule has 5 bridgehead atoms. The van der Waals surface area contributed by atoms with E-state index in [0.717, 1.165) is 12.8 Å². The van der Waals surface area contributed by atoms with Gasteiger partial charge in [-0.25, -0.2) is 0 Å². The standard InChI is InChI=1S/C45H60N2O13/c1-22-14-17-47(18-15-22)33(49)21-57-32-20-30-40(53)35-34(32)36-42(28(7)39(35)52)60-45(9,43(36)54)58-19-16-31(56-10)25(4)41(59-29(8)48)27(6)38(51)26(5)37(50)23(2)12-11-13-24(3)44(55)46-30/h11-13,16,19-20,22-23,25-27,31,37-38,41,50-53H,14-15,17-18,21H2,1-10H3,(H,46,55)/b12-11+,19-16+,24-13-/t23-,25+,26+,27+,31-,37-,38+,41+,45-/m0/s1. The Kier molecular flexibility index (Phi) is 14.3. The highest BCUT2D eigenvalue weighted by Gasteiger charge is 2.50. The second kappa shape index (κ2) is 18.7. The van der Waals surface area contributed by atoms with Gasteiger partial charge in [-0.05, 0) is 38.7 Å². The molecule has 2 aromatic carbocycles. The second-order valence-electron chi connectivity index (χ2n) is 16.8. The SMILES string of the molecule is CO[C@H]1/C=C/O[C@@]2(C)Oc3c(C)c(O)c4c(O)c(cc(OCC(=O)N5CCC(C)CC5)c4c3C2=O)NC(=O)/C(C)=C\C=C\[C@H](C)[C@H](O)[C@@H](C)[C@@H](O)[C@@H](C)[C@H](OC(C)=O)[C@@H]1C. The number of Topliss-reactive ketones (excluding diaryl/α,β-unsaturated/α-hetero) is 1. The van der Waals surface area contributed by atoms with Gasteiger partial charge in [-0.1, -0.05) is 52.8 Å². The average Bonchev–Trinajstić information content (AvgIpc) is 3.48. The molecule has 0 radical (unpaired) electrons. The number of hydrogen-bond acceptors (Lipinski definition) is 13. The van der Waals surface area contributed by atoms with Crippen molar-refractivity contribution in [2.24, 2.45) is 29.6 Å². The molecular weight excluding hydrogens is 776 g/mol. The molecule has 4 aliphatic rings. The Hall–Kier alpha value is -5.12. The van der Waals surface area contributed by atoms with Gasteiger partial charge in [0.05, 0.1) is 41.2 Å². The third-order valence-corrected chi connectivity index (χ3v) is 12.3. The van der Waals surface area contributed by atoms with Gasteiger partial charge in [0.2, 0.25) is 0 Å². The highest BCUT2D eigenvalue weighted by Crippen LogP contribution is 2.54. The van der Waals surface area contributed by atoms with Crippen LogP contribution in [0.3, 0.4) is 0 Å². The number of phenolic OH excluding ortho intramolecular Hbond substituents is 2. The minimum atomic E-state index is -2.02. The fraction of sp³-hybridized carbons (Fsp3) is 0.556. The van der Waals surface area contributed by atoms with E-state index in [9.17, 15) is 39.6 Å². The van der Waals surface area contributed by atoms with E-state index in [0.29, 0.717) is 19.0 Å². The first-order valence-corrected chi connectivity index (χ1v) is 20.5. The molecule has 0 saturated carbocycles. The van der Waals surface area contributed by atoms with Crippen molar-refractivity contribution in [1.29, 1.82) is 0 Å². The number of rotatable bonds is 5. The number of likely N-dealkylation sites (tertiary alicyclic amines) is 1. The number of fused-ring (bicyclic) bond motifs is 14. The predicted octanol–water partition coefficient (Wildman–Crippen LogP) is 5.69. The number of phenols is 2. The maximum atomic E-state index is 14.5. The number of aliphatic hydroxyl groups excluding tert-OH is 2. The lowest BCUT2D eigenvalue weighted by molar-refractivity contribution is -0.160. The molecule has 15 nitrogen and oxygen atoms in total. The second-order valence-corrected chi connectivity index (χ2v) is 16.8. The minimum Gasteiger partial charge on any atom is -0.507 e. The summed E-state index contributed by atoms with van der Waals surface area (Å²) in [4.78, 5) is 55.5. The zero-order chi connectivity index (χ0) is 44.4. The Morgan fingerprint density at radius 2 is 1.62 bits per heavy atom. The smallest absolute Gasteiger partial charge is 0.312 e. The van der Waals surface area contributed by atoms with Crippen LogP contribution in [-0.2, 0) is 28.6 Å². The molecule has 0 aromatic heterocycles. The summed E-state index contributed by atoms with van der Waals surface area (Å²) in [6, 6.07) is 1.29. The summed E-state index contributed by atoms with van der Waals surface area (Å²) in [6.07, 6.45) is 5.32. The molecular formula is C45H60N2O13. The lowest BCUT2D eigenvalue weighted by Gasteiger charge is -2.38.